The van der Waals surface area contributed by atoms with Gasteiger partial charge in [-0.3, -0.25) is 0 Å². The number of nitrogens with two attached hydrogens (primary N) is 1. The van der Waals surface area contributed by atoms with Crippen LogP contribution in [0.5, 0.6) is 0 Å². The molecule has 0 saturated carbocycles. The molecule has 0 aliphatic heterocycles. The average Bonchev–Trinajstić information content (AvgIpc) is 3.32. The van der Waals surface area contributed by atoms with Gasteiger partial charge in [0.15, 0.2) is 0 Å². The van der Waals surface area contributed by atoms with Gasteiger partial charge in [0.05, 0.1) is 0 Å². The van der Waals surface area contributed by atoms with Crippen LogP contribution in [0.4, 0.5) is 14.5 Å². The number of allylic oxidation sites excluding steroid dienone is 7. The second-order valence-corrected chi connectivity index (χ2v) is 10.2. The summed E-state index contributed by atoms with van der Waals surface area (Å²) in [5.74, 6) is -0.228. The maximum Gasteiger partial charge on any atom is 0.133 e. The first-order chi connectivity index (χ1) is 20.1. The van der Waals surface area contributed by atoms with Gasteiger partial charge in [-0.2, -0.15) is 0 Å². The van der Waals surface area contributed by atoms with Crippen molar-refractivity contribution in [2.75, 3.05) is 5.73 Å². The highest BCUT2D eigenvalue weighted by molar-refractivity contribution is 5.82. The molecule has 0 aliphatic carbocycles. The first-order valence-electron chi connectivity index (χ1n) is 13.7. The fraction of sp³-hybridized carbons (Fsp3) is 0.189. The number of aromatic nitrogens is 1. The number of rotatable bonds is 12. The van der Waals surface area contributed by atoms with Gasteiger partial charge in [0.1, 0.15) is 11.6 Å². The highest BCUT2D eigenvalue weighted by Crippen LogP contribution is 2.31. The Hall–Kier alpha value is -4.82. The molecule has 3 aromatic rings. The zero-order chi connectivity index (χ0) is 31.4. The Morgan fingerprint density at radius 1 is 1.07 bits per heavy atom. The van der Waals surface area contributed by atoms with E-state index >= 15 is 4.39 Å². The van der Waals surface area contributed by atoms with E-state index in [4.69, 9.17) is 5.73 Å². The summed E-state index contributed by atoms with van der Waals surface area (Å²) in [6, 6.07) is 11.6. The number of H-pyrrole nitrogens is 1. The predicted molar refractivity (Wildman–Crippen MR) is 176 cm³/mol. The van der Waals surface area contributed by atoms with Crippen molar-refractivity contribution < 1.29 is 8.78 Å². The van der Waals surface area contributed by atoms with E-state index in [1.807, 2.05) is 38.1 Å². The topological polar surface area (TPSA) is 53.8 Å². The molecule has 5 heteroatoms. The number of terminal acetylenes is 1. The van der Waals surface area contributed by atoms with Crippen LogP contribution in [-0.4, -0.2) is 4.98 Å². The van der Waals surface area contributed by atoms with Gasteiger partial charge in [-0.25, -0.2) is 8.78 Å². The molecular weight excluding hydrogens is 524 g/mol. The van der Waals surface area contributed by atoms with E-state index in [9.17, 15) is 4.39 Å². The fourth-order valence-electron chi connectivity index (χ4n) is 4.68. The van der Waals surface area contributed by atoms with E-state index in [0.717, 1.165) is 51.5 Å². The van der Waals surface area contributed by atoms with E-state index in [-0.39, 0.29) is 5.82 Å². The Kier molecular flexibility index (Phi) is 12.6. The average molecular weight is 566 g/mol. The molecule has 218 valence electrons. The summed E-state index contributed by atoms with van der Waals surface area (Å²) in [7, 11) is 0. The fourth-order valence-corrected chi connectivity index (χ4v) is 4.68. The van der Waals surface area contributed by atoms with Crippen LogP contribution in [0.15, 0.2) is 104 Å². The number of halogens is 2. The number of nitrogen functional groups attached to an aromatic ring is 1. The molecule has 0 bridgehead atoms. The summed E-state index contributed by atoms with van der Waals surface area (Å²) < 4.78 is 28.7. The van der Waals surface area contributed by atoms with Crippen molar-refractivity contribution in [1.29, 1.82) is 0 Å². The summed E-state index contributed by atoms with van der Waals surface area (Å²) in [5, 5.41) is 3.29. The third-order valence-electron chi connectivity index (χ3n) is 6.54. The SMILES string of the molecule is C#C.C=C/C=C(/c1ccc(F)cc1)c1cc(Cc2cc(C(/C=C(\C=C)NC(=C)CC(C)C)=C/C)c(F)cc2N)[nH]c1C. The van der Waals surface area contributed by atoms with Gasteiger partial charge in [0.25, 0.3) is 0 Å². The quantitative estimate of drug-likeness (QED) is 0.116. The normalized spacial score (nSPS) is 12.0. The number of benzene rings is 2. The number of hydrogen-bond donors (Lipinski definition) is 3. The first-order valence-corrected chi connectivity index (χ1v) is 13.7. The third kappa shape index (κ3) is 8.84. The minimum absolute atomic E-state index is 0.289. The molecule has 0 spiro atoms. The highest BCUT2D eigenvalue weighted by Gasteiger charge is 2.15. The Morgan fingerprint density at radius 3 is 2.31 bits per heavy atom. The zero-order valence-electron chi connectivity index (χ0n) is 25.0. The van der Waals surface area contributed by atoms with E-state index in [2.05, 4.69) is 56.7 Å². The van der Waals surface area contributed by atoms with Gasteiger partial charge >= 0.3 is 0 Å². The molecular formula is C37H41F2N3. The lowest BCUT2D eigenvalue weighted by Crippen LogP contribution is -2.12. The minimum atomic E-state index is -0.397. The van der Waals surface area contributed by atoms with Crippen LogP contribution in [0.25, 0.3) is 11.1 Å². The van der Waals surface area contributed by atoms with Crippen molar-refractivity contribution in [3.8, 4) is 12.8 Å². The zero-order valence-corrected chi connectivity index (χ0v) is 25.0. The van der Waals surface area contributed by atoms with Gasteiger partial charge in [-0.15, -0.1) is 12.8 Å². The van der Waals surface area contributed by atoms with Crippen LogP contribution in [-0.2, 0) is 6.42 Å². The van der Waals surface area contributed by atoms with Crippen LogP contribution in [0.1, 0.15) is 60.8 Å². The smallest absolute Gasteiger partial charge is 0.133 e. The number of hydrogen-bond acceptors (Lipinski definition) is 2. The van der Waals surface area contributed by atoms with Gasteiger partial charge in [-0.1, -0.05) is 63.9 Å². The number of aromatic amines is 1. The van der Waals surface area contributed by atoms with Crippen LogP contribution >= 0.6 is 0 Å². The molecule has 4 N–H and O–H groups in total. The number of nitrogens with one attached hydrogen (secondary N) is 2. The second kappa shape index (κ2) is 15.8. The van der Waals surface area contributed by atoms with Crippen molar-refractivity contribution in [3.05, 3.63) is 149 Å². The maximum atomic E-state index is 15.2. The van der Waals surface area contributed by atoms with Crippen LogP contribution in [0.2, 0.25) is 0 Å². The van der Waals surface area contributed by atoms with E-state index in [0.29, 0.717) is 29.2 Å². The molecule has 1 aromatic heterocycles. The predicted octanol–water partition coefficient (Wildman–Crippen LogP) is 9.26. The molecule has 3 rings (SSSR count). The Labute approximate surface area is 250 Å². The van der Waals surface area contributed by atoms with Gasteiger partial charge in [-0.05, 0) is 90.9 Å². The van der Waals surface area contributed by atoms with E-state index in [1.54, 1.807) is 30.4 Å². The number of aryl methyl sites for hydroxylation is 1. The van der Waals surface area contributed by atoms with Crippen molar-refractivity contribution in [2.24, 2.45) is 5.92 Å². The molecule has 0 saturated heterocycles. The standard InChI is InChI=1S/C35H39F2N3.C2H2/c1-8-11-31(26-12-14-28(36)15-13-26)32-20-30(40-24(32)7)18-27-19-33(34(37)21-35(27)38)25(9-2)17-29(10-3)39-23(6)16-22(4)5;1-2/h8-15,17,19-22,39-40H,1,3,6,16,18,38H2,2,4-5,7H3;1-2H/b25-9+,29-17+,31-11-;. The molecule has 2 aromatic carbocycles. The highest BCUT2D eigenvalue weighted by atomic mass is 19.1. The van der Waals surface area contributed by atoms with Gasteiger partial charge < -0.3 is 16.0 Å². The Bertz CT molecular complexity index is 1530. The van der Waals surface area contributed by atoms with Gasteiger partial charge in [0.2, 0.25) is 0 Å². The summed E-state index contributed by atoms with van der Waals surface area (Å²) >= 11 is 0. The van der Waals surface area contributed by atoms with Crippen molar-refractivity contribution >= 4 is 16.8 Å². The molecule has 0 radical (unpaired) electrons. The van der Waals surface area contributed by atoms with E-state index < -0.39 is 5.82 Å². The third-order valence-corrected chi connectivity index (χ3v) is 6.54. The van der Waals surface area contributed by atoms with Crippen LogP contribution < -0.4 is 11.1 Å². The van der Waals surface area contributed by atoms with Crippen LogP contribution in [0.3, 0.4) is 0 Å². The molecule has 42 heavy (non-hydrogen) atoms. The van der Waals surface area contributed by atoms with Gasteiger partial charge in [0, 0.05) is 46.0 Å². The molecule has 3 nitrogen and oxygen atoms in total. The maximum absolute atomic E-state index is 15.2. The summed E-state index contributed by atoms with van der Waals surface area (Å²) in [6.07, 6.45) is 18.3. The first kappa shape index (κ1) is 33.4. The molecule has 0 unspecified atom stereocenters. The monoisotopic (exact) mass is 565 g/mol. The Balaban J connectivity index is 0.00000301. The molecule has 0 fully saturated rings. The summed E-state index contributed by atoms with van der Waals surface area (Å²) in [4.78, 5) is 3.44. The summed E-state index contributed by atoms with van der Waals surface area (Å²) in [6.45, 7) is 19.9. The lowest BCUT2D eigenvalue weighted by atomic mass is 9.96. The molecule has 1 heterocycles. The second-order valence-electron chi connectivity index (χ2n) is 10.2. The lowest BCUT2D eigenvalue weighted by Gasteiger charge is -2.15. The number of anilines is 1. The largest absolute Gasteiger partial charge is 0.398 e. The van der Waals surface area contributed by atoms with Crippen molar-refractivity contribution in [1.82, 2.24) is 10.3 Å². The van der Waals surface area contributed by atoms with E-state index in [1.165, 1.54) is 18.2 Å². The Morgan fingerprint density at radius 2 is 1.74 bits per heavy atom. The van der Waals surface area contributed by atoms with Crippen molar-refractivity contribution in [2.45, 2.75) is 40.5 Å². The van der Waals surface area contributed by atoms with Crippen LogP contribution in [0, 0.1) is 37.3 Å². The minimum Gasteiger partial charge on any atom is -0.398 e. The lowest BCUT2D eigenvalue weighted by molar-refractivity contribution is 0.622. The molecule has 0 aliphatic rings. The van der Waals surface area contributed by atoms with Crippen molar-refractivity contribution in [3.63, 3.8) is 0 Å². The summed E-state index contributed by atoms with van der Waals surface area (Å²) in [5.41, 5.74) is 14.9. The molecule has 0 amide bonds. The molecule has 0 atom stereocenters.